The van der Waals surface area contributed by atoms with Crippen LogP contribution in [0.25, 0.3) is 0 Å². The van der Waals surface area contributed by atoms with Gasteiger partial charge in [-0.05, 0) is 38.0 Å². The van der Waals surface area contributed by atoms with Crippen molar-refractivity contribution in [3.63, 3.8) is 0 Å². The van der Waals surface area contributed by atoms with Crippen LogP contribution >= 0.6 is 0 Å². The van der Waals surface area contributed by atoms with Crippen molar-refractivity contribution >= 4 is 5.91 Å². The van der Waals surface area contributed by atoms with Crippen molar-refractivity contribution in [3.8, 4) is 5.75 Å². The third-order valence-corrected chi connectivity index (χ3v) is 4.85. The van der Waals surface area contributed by atoms with Gasteiger partial charge in [0.1, 0.15) is 18.2 Å². The molecule has 1 aliphatic heterocycles. The van der Waals surface area contributed by atoms with Crippen molar-refractivity contribution in [3.05, 3.63) is 47.0 Å². The molecule has 0 aliphatic carbocycles. The van der Waals surface area contributed by atoms with Gasteiger partial charge in [0.2, 0.25) is 0 Å². The van der Waals surface area contributed by atoms with E-state index in [1.54, 1.807) is 17.2 Å². The first-order valence-corrected chi connectivity index (χ1v) is 8.79. The van der Waals surface area contributed by atoms with E-state index in [9.17, 15) is 9.18 Å². The largest absolute Gasteiger partial charge is 0.491 e. The number of halogens is 1. The maximum Gasteiger partial charge on any atom is 0.257 e. The van der Waals surface area contributed by atoms with Crippen molar-refractivity contribution in [2.24, 2.45) is 0 Å². The SMILES string of the molecule is CCC(CC)n1ncc(C(=O)N2CCOc3ccc(F)cc3C2)c1C. The Morgan fingerprint density at radius 1 is 1.36 bits per heavy atom. The highest BCUT2D eigenvalue weighted by Gasteiger charge is 2.25. The van der Waals surface area contributed by atoms with Gasteiger partial charge in [-0.2, -0.15) is 5.10 Å². The fraction of sp³-hybridized carbons (Fsp3) is 0.474. The quantitative estimate of drug-likeness (QED) is 0.848. The molecule has 0 bridgehead atoms. The van der Waals surface area contributed by atoms with Gasteiger partial charge >= 0.3 is 0 Å². The van der Waals surface area contributed by atoms with Gasteiger partial charge in [-0.25, -0.2) is 4.39 Å². The van der Waals surface area contributed by atoms with E-state index < -0.39 is 0 Å². The van der Waals surface area contributed by atoms with E-state index in [0.29, 0.717) is 42.6 Å². The predicted molar refractivity (Wildman–Crippen MR) is 93.2 cm³/mol. The number of amides is 1. The second-order valence-corrected chi connectivity index (χ2v) is 6.39. The van der Waals surface area contributed by atoms with Crippen LogP contribution in [0.2, 0.25) is 0 Å². The monoisotopic (exact) mass is 345 g/mol. The summed E-state index contributed by atoms with van der Waals surface area (Å²) in [6.07, 6.45) is 3.59. The average Bonchev–Trinajstić information content (AvgIpc) is 2.85. The number of rotatable bonds is 4. The molecule has 0 N–H and O–H groups in total. The zero-order valence-electron chi connectivity index (χ0n) is 15.0. The maximum atomic E-state index is 13.5. The molecule has 0 saturated heterocycles. The molecule has 1 aliphatic rings. The summed E-state index contributed by atoms with van der Waals surface area (Å²) in [6.45, 7) is 7.36. The number of carbonyl (C=O) groups excluding carboxylic acids is 1. The summed E-state index contributed by atoms with van der Waals surface area (Å²) in [6, 6.07) is 4.72. The number of carbonyl (C=O) groups is 1. The summed E-state index contributed by atoms with van der Waals surface area (Å²) in [5.41, 5.74) is 2.17. The molecule has 0 fully saturated rings. The van der Waals surface area contributed by atoms with E-state index in [1.807, 2.05) is 11.6 Å². The highest BCUT2D eigenvalue weighted by Crippen LogP contribution is 2.26. The number of ether oxygens (including phenoxy) is 1. The van der Waals surface area contributed by atoms with Crippen molar-refractivity contribution in [1.29, 1.82) is 0 Å². The van der Waals surface area contributed by atoms with Gasteiger partial charge in [0.05, 0.1) is 24.3 Å². The number of fused-ring (bicyclic) bond motifs is 1. The number of benzene rings is 1. The molecule has 25 heavy (non-hydrogen) atoms. The zero-order valence-corrected chi connectivity index (χ0v) is 15.0. The van der Waals surface area contributed by atoms with Crippen LogP contribution < -0.4 is 4.74 Å². The highest BCUT2D eigenvalue weighted by atomic mass is 19.1. The molecule has 3 rings (SSSR count). The lowest BCUT2D eigenvalue weighted by molar-refractivity contribution is 0.0732. The van der Waals surface area contributed by atoms with Crippen LogP contribution in [0.15, 0.2) is 24.4 Å². The minimum Gasteiger partial charge on any atom is -0.491 e. The van der Waals surface area contributed by atoms with Gasteiger partial charge in [-0.15, -0.1) is 0 Å². The molecule has 5 nitrogen and oxygen atoms in total. The summed E-state index contributed by atoms with van der Waals surface area (Å²) in [4.78, 5) is 14.7. The second kappa shape index (κ2) is 7.25. The first-order valence-electron chi connectivity index (χ1n) is 8.79. The van der Waals surface area contributed by atoms with Crippen LogP contribution in [0.3, 0.4) is 0 Å². The molecule has 0 atom stereocenters. The topological polar surface area (TPSA) is 47.4 Å². The third kappa shape index (κ3) is 3.38. The number of nitrogens with zero attached hydrogens (tertiary/aromatic N) is 3. The fourth-order valence-electron chi connectivity index (χ4n) is 3.34. The summed E-state index contributed by atoms with van der Waals surface area (Å²) in [5.74, 6) is 0.228. The number of hydrogen-bond donors (Lipinski definition) is 0. The molecule has 0 radical (unpaired) electrons. The summed E-state index contributed by atoms with van der Waals surface area (Å²) in [5, 5.41) is 4.43. The van der Waals surface area contributed by atoms with Crippen LogP contribution in [-0.2, 0) is 6.54 Å². The molecule has 2 aromatic rings. The van der Waals surface area contributed by atoms with Gasteiger partial charge in [-0.3, -0.25) is 9.48 Å². The Balaban J connectivity index is 1.86. The molecule has 0 saturated carbocycles. The molecular weight excluding hydrogens is 321 g/mol. The van der Waals surface area contributed by atoms with Crippen molar-refractivity contribution in [2.75, 3.05) is 13.2 Å². The molecule has 1 aromatic carbocycles. The first kappa shape index (κ1) is 17.5. The van der Waals surface area contributed by atoms with Crippen LogP contribution in [0.5, 0.6) is 5.75 Å². The average molecular weight is 345 g/mol. The predicted octanol–water partition coefficient (Wildman–Crippen LogP) is 3.73. The molecular formula is C19H24FN3O2. The Bertz CT molecular complexity index is 768. The normalized spacial score (nSPS) is 14.2. The maximum absolute atomic E-state index is 13.5. The van der Waals surface area contributed by atoms with Gasteiger partial charge in [0, 0.05) is 17.8 Å². The first-order chi connectivity index (χ1) is 12.0. The number of aromatic nitrogens is 2. The zero-order chi connectivity index (χ0) is 18.0. The van der Waals surface area contributed by atoms with E-state index in [4.69, 9.17) is 4.74 Å². The van der Waals surface area contributed by atoms with E-state index in [-0.39, 0.29) is 11.7 Å². The summed E-state index contributed by atoms with van der Waals surface area (Å²) < 4.78 is 21.1. The third-order valence-electron chi connectivity index (χ3n) is 4.85. The molecule has 0 spiro atoms. The Labute approximate surface area is 147 Å². The van der Waals surface area contributed by atoms with Crippen LogP contribution in [0, 0.1) is 12.7 Å². The lowest BCUT2D eigenvalue weighted by atomic mass is 10.1. The summed E-state index contributed by atoms with van der Waals surface area (Å²) >= 11 is 0. The Hall–Kier alpha value is -2.37. The van der Waals surface area contributed by atoms with E-state index in [1.165, 1.54) is 12.1 Å². The van der Waals surface area contributed by atoms with Gasteiger partial charge in [0.25, 0.3) is 5.91 Å². The van der Waals surface area contributed by atoms with E-state index in [2.05, 4.69) is 18.9 Å². The minimum atomic E-state index is -0.325. The second-order valence-electron chi connectivity index (χ2n) is 6.39. The molecule has 0 unspecified atom stereocenters. The molecule has 2 heterocycles. The Morgan fingerprint density at radius 3 is 2.84 bits per heavy atom. The van der Waals surface area contributed by atoms with Crippen molar-refractivity contribution < 1.29 is 13.9 Å². The van der Waals surface area contributed by atoms with E-state index >= 15 is 0 Å². The fourth-order valence-corrected chi connectivity index (χ4v) is 3.34. The minimum absolute atomic E-state index is 0.0876. The van der Waals surface area contributed by atoms with Crippen molar-refractivity contribution in [2.45, 2.75) is 46.2 Å². The van der Waals surface area contributed by atoms with Gasteiger partial charge < -0.3 is 9.64 Å². The molecule has 1 aromatic heterocycles. The Morgan fingerprint density at radius 2 is 2.12 bits per heavy atom. The molecule has 1 amide bonds. The van der Waals surface area contributed by atoms with Crippen LogP contribution in [-0.4, -0.2) is 33.7 Å². The number of hydrogen-bond acceptors (Lipinski definition) is 3. The van der Waals surface area contributed by atoms with Crippen molar-refractivity contribution in [1.82, 2.24) is 14.7 Å². The lowest BCUT2D eigenvalue weighted by Crippen LogP contribution is -2.32. The smallest absolute Gasteiger partial charge is 0.257 e. The van der Waals surface area contributed by atoms with E-state index in [0.717, 1.165) is 18.5 Å². The van der Waals surface area contributed by atoms with Crippen LogP contribution in [0.4, 0.5) is 4.39 Å². The standard InChI is InChI=1S/C19H24FN3O2/c1-4-16(5-2)23-13(3)17(11-21-23)19(24)22-8-9-25-18-7-6-15(20)10-14(18)12-22/h6-7,10-11,16H,4-5,8-9,12H2,1-3H3. The van der Waals surface area contributed by atoms with Gasteiger partial charge in [0.15, 0.2) is 0 Å². The van der Waals surface area contributed by atoms with Crippen LogP contribution in [0.1, 0.15) is 54.3 Å². The highest BCUT2D eigenvalue weighted by molar-refractivity contribution is 5.95. The summed E-state index contributed by atoms with van der Waals surface area (Å²) in [7, 11) is 0. The lowest BCUT2D eigenvalue weighted by Gasteiger charge is -2.20. The van der Waals surface area contributed by atoms with Gasteiger partial charge in [-0.1, -0.05) is 13.8 Å². The Kier molecular flexibility index (Phi) is 5.06. The molecule has 134 valence electrons. The molecule has 6 heteroatoms.